The van der Waals surface area contributed by atoms with Gasteiger partial charge in [0.05, 0.1) is 31.8 Å². The van der Waals surface area contributed by atoms with Gasteiger partial charge < -0.3 is 5.11 Å². The van der Waals surface area contributed by atoms with Crippen molar-refractivity contribution in [3.63, 3.8) is 0 Å². The number of carbonyl (C=O) groups excluding carboxylic acids is 1. The number of aliphatic hydroxyl groups is 1. The molecule has 3 heterocycles. The first-order valence-electron chi connectivity index (χ1n) is 5.76. The molecule has 1 aliphatic heterocycles. The monoisotopic (exact) mass is 263 g/mol. The van der Waals surface area contributed by atoms with Crippen molar-refractivity contribution in [1.29, 1.82) is 0 Å². The number of anilines is 1. The van der Waals surface area contributed by atoms with Gasteiger partial charge in [-0.25, -0.2) is 4.68 Å². The van der Waals surface area contributed by atoms with E-state index in [2.05, 4.69) is 5.10 Å². The Morgan fingerprint density at radius 2 is 2.39 bits per heavy atom. The maximum absolute atomic E-state index is 11.8. The zero-order chi connectivity index (χ0) is 12.5. The standard InChI is InChI=1S/C12H13N3O2S/c16-9-6-12(17)14(7-9)11-3-4-13-15(11)8-10-2-1-5-18-10/h1-5,9,16H,6-8H2. The molecule has 2 aromatic rings. The number of amides is 1. The van der Waals surface area contributed by atoms with Crippen molar-refractivity contribution >= 4 is 23.1 Å². The van der Waals surface area contributed by atoms with Crippen molar-refractivity contribution in [3.8, 4) is 0 Å². The molecule has 18 heavy (non-hydrogen) atoms. The zero-order valence-electron chi connectivity index (χ0n) is 9.69. The van der Waals surface area contributed by atoms with Crippen LogP contribution < -0.4 is 4.90 Å². The lowest BCUT2D eigenvalue weighted by Gasteiger charge is -2.17. The second-order valence-corrected chi connectivity index (χ2v) is 5.32. The third-order valence-electron chi connectivity index (χ3n) is 2.96. The summed E-state index contributed by atoms with van der Waals surface area (Å²) in [5, 5.41) is 15.8. The maximum Gasteiger partial charge on any atom is 0.230 e. The smallest absolute Gasteiger partial charge is 0.230 e. The van der Waals surface area contributed by atoms with E-state index >= 15 is 0 Å². The van der Waals surface area contributed by atoms with Crippen LogP contribution in [0.2, 0.25) is 0 Å². The van der Waals surface area contributed by atoms with Gasteiger partial charge in [-0.1, -0.05) is 6.07 Å². The number of rotatable bonds is 3. The van der Waals surface area contributed by atoms with E-state index in [9.17, 15) is 9.90 Å². The molecule has 0 aromatic carbocycles. The summed E-state index contributed by atoms with van der Waals surface area (Å²) in [6, 6.07) is 5.84. The molecule has 1 fully saturated rings. The molecule has 0 bridgehead atoms. The van der Waals surface area contributed by atoms with Crippen LogP contribution in [0.1, 0.15) is 11.3 Å². The van der Waals surface area contributed by atoms with E-state index < -0.39 is 6.10 Å². The molecule has 1 amide bonds. The fourth-order valence-corrected chi connectivity index (χ4v) is 2.82. The van der Waals surface area contributed by atoms with Gasteiger partial charge in [0.2, 0.25) is 5.91 Å². The average Bonchev–Trinajstić information content (AvgIpc) is 3.02. The largest absolute Gasteiger partial charge is 0.391 e. The first-order chi connectivity index (χ1) is 8.74. The van der Waals surface area contributed by atoms with Crippen molar-refractivity contribution in [2.45, 2.75) is 19.1 Å². The van der Waals surface area contributed by atoms with Crippen molar-refractivity contribution in [2.24, 2.45) is 0 Å². The van der Waals surface area contributed by atoms with E-state index in [0.717, 1.165) is 5.82 Å². The minimum Gasteiger partial charge on any atom is -0.391 e. The first kappa shape index (κ1) is 11.4. The second-order valence-electron chi connectivity index (χ2n) is 4.29. The summed E-state index contributed by atoms with van der Waals surface area (Å²) in [5.74, 6) is 0.709. The molecule has 0 aliphatic carbocycles. The molecule has 1 unspecified atom stereocenters. The predicted octanol–water partition coefficient (Wildman–Crippen LogP) is 1.09. The van der Waals surface area contributed by atoms with Crippen molar-refractivity contribution in [1.82, 2.24) is 9.78 Å². The summed E-state index contributed by atoms with van der Waals surface area (Å²) in [5.41, 5.74) is 0. The number of hydrogen-bond donors (Lipinski definition) is 1. The highest BCUT2D eigenvalue weighted by Crippen LogP contribution is 2.22. The quantitative estimate of drug-likeness (QED) is 0.902. The lowest BCUT2D eigenvalue weighted by Crippen LogP contribution is -2.28. The average molecular weight is 263 g/mol. The Morgan fingerprint density at radius 3 is 3.06 bits per heavy atom. The van der Waals surface area contributed by atoms with Gasteiger partial charge in [0, 0.05) is 10.9 Å². The van der Waals surface area contributed by atoms with Crippen LogP contribution in [0, 0.1) is 0 Å². The summed E-state index contributed by atoms with van der Waals surface area (Å²) < 4.78 is 1.79. The van der Waals surface area contributed by atoms with Gasteiger partial charge in [0.15, 0.2) is 0 Å². The Morgan fingerprint density at radius 1 is 1.50 bits per heavy atom. The van der Waals surface area contributed by atoms with Crippen LogP contribution >= 0.6 is 11.3 Å². The van der Waals surface area contributed by atoms with Crippen LogP contribution in [0.3, 0.4) is 0 Å². The molecule has 0 radical (unpaired) electrons. The lowest BCUT2D eigenvalue weighted by atomic mass is 10.3. The third kappa shape index (κ3) is 2.04. The minimum atomic E-state index is -0.567. The molecular formula is C12H13N3O2S. The molecule has 1 N–H and O–H groups in total. The minimum absolute atomic E-state index is 0.0459. The number of carbonyl (C=O) groups is 1. The maximum atomic E-state index is 11.8. The van der Waals surface area contributed by atoms with Gasteiger partial charge >= 0.3 is 0 Å². The molecule has 94 valence electrons. The van der Waals surface area contributed by atoms with Crippen LogP contribution in [0.25, 0.3) is 0 Å². The fourth-order valence-electron chi connectivity index (χ4n) is 2.14. The zero-order valence-corrected chi connectivity index (χ0v) is 10.5. The van der Waals surface area contributed by atoms with Gasteiger partial charge in [-0.05, 0) is 11.4 Å². The number of thiophene rings is 1. The molecule has 0 saturated carbocycles. The topological polar surface area (TPSA) is 58.4 Å². The molecule has 2 aromatic heterocycles. The van der Waals surface area contributed by atoms with E-state index in [4.69, 9.17) is 0 Å². The Hall–Kier alpha value is -1.66. The molecule has 3 rings (SSSR count). The molecule has 6 heteroatoms. The fraction of sp³-hybridized carbons (Fsp3) is 0.333. The lowest BCUT2D eigenvalue weighted by molar-refractivity contribution is -0.117. The molecule has 0 spiro atoms. The normalized spacial score (nSPS) is 19.7. The van der Waals surface area contributed by atoms with E-state index in [0.29, 0.717) is 13.1 Å². The number of β-amino-alcohol motifs (C(OH)–C–C–N with tert-alkyl or cyclic N) is 1. The molecule has 1 aliphatic rings. The number of nitrogens with zero attached hydrogens (tertiary/aromatic N) is 3. The van der Waals surface area contributed by atoms with E-state index in [1.54, 1.807) is 27.1 Å². The van der Waals surface area contributed by atoms with Gasteiger partial charge in [0.25, 0.3) is 0 Å². The molecule has 1 saturated heterocycles. The summed E-state index contributed by atoms with van der Waals surface area (Å²) >= 11 is 1.66. The number of hydrogen-bond acceptors (Lipinski definition) is 4. The molecule has 1 atom stereocenters. The van der Waals surface area contributed by atoms with Crippen LogP contribution in [0.5, 0.6) is 0 Å². The summed E-state index contributed by atoms with van der Waals surface area (Å²) in [4.78, 5) is 14.6. The summed E-state index contributed by atoms with van der Waals surface area (Å²) in [6.45, 7) is 1.01. The van der Waals surface area contributed by atoms with Crippen molar-refractivity contribution in [2.75, 3.05) is 11.4 Å². The van der Waals surface area contributed by atoms with Gasteiger partial charge in [-0.3, -0.25) is 9.69 Å². The van der Waals surface area contributed by atoms with Crippen LogP contribution in [0.4, 0.5) is 5.82 Å². The SMILES string of the molecule is O=C1CC(O)CN1c1ccnn1Cc1cccs1. The van der Waals surface area contributed by atoms with E-state index in [1.165, 1.54) is 4.88 Å². The third-order valence-corrected chi connectivity index (χ3v) is 3.82. The highest BCUT2D eigenvalue weighted by Gasteiger charge is 2.30. The highest BCUT2D eigenvalue weighted by molar-refractivity contribution is 7.09. The number of aliphatic hydroxyl groups excluding tert-OH is 1. The van der Waals surface area contributed by atoms with Crippen molar-refractivity contribution in [3.05, 3.63) is 34.7 Å². The highest BCUT2D eigenvalue weighted by atomic mass is 32.1. The molecular weight excluding hydrogens is 250 g/mol. The van der Waals surface area contributed by atoms with Crippen LogP contribution in [-0.2, 0) is 11.3 Å². The first-order valence-corrected chi connectivity index (χ1v) is 6.64. The van der Waals surface area contributed by atoms with Gasteiger partial charge in [-0.2, -0.15) is 5.10 Å². The predicted molar refractivity (Wildman–Crippen MR) is 68.6 cm³/mol. The molecule has 5 nitrogen and oxygen atoms in total. The van der Waals surface area contributed by atoms with Crippen molar-refractivity contribution < 1.29 is 9.90 Å². The Bertz CT molecular complexity index is 549. The Balaban J connectivity index is 1.85. The summed E-state index contributed by atoms with van der Waals surface area (Å²) in [6.07, 6.45) is 1.31. The van der Waals surface area contributed by atoms with E-state index in [1.807, 2.05) is 23.6 Å². The Labute approximate surface area is 108 Å². The van der Waals surface area contributed by atoms with Crippen LogP contribution in [0.15, 0.2) is 29.8 Å². The van der Waals surface area contributed by atoms with E-state index in [-0.39, 0.29) is 12.3 Å². The summed E-state index contributed by atoms with van der Waals surface area (Å²) in [7, 11) is 0. The number of aromatic nitrogens is 2. The Kier molecular flexibility index (Phi) is 2.89. The van der Waals surface area contributed by atoms with Gasteiger partial charge in [-0.15, -0.1) is 11.3 Å². The second kappa shape index (κ2) is 4.55. The van der Waals surface area contributed by atoms with Crippen LogP contribution in [-0.4, -0.2) is 33.4 Å². The van der Waals surface area contributed by atoms with Gasteiger partial charge in [0.1, 0.15) is 5.82 Å².